The van der Waals surface area contributed by atoms with Gasteiger partial charge >= 0.3 is 5.97 Å². The average molecular weight is 197 g/mol. The fourth-order valence-electron chi connectivity index (χ4n) is 1.22. The van der Waals surface area contributed by atoms with Crippen LogP contribution in [-0.4, -0.2) is 35.7 Å². The van der Waals surface area contributed by atoms with Crippen molar-refractivity contribution in [2.24, 2.45) is 0 Å². The summed E-state index contributed by atoms with van der Waals surface area (Å²) < 4.78 is 6.57. The van der Waals surface area contributed by atoms with Crippen molar-refractivity contribution in [1.29, 1.82) is 0 Å². The molecule has 0 spiro atoms. The molecule has 0 aliphatic carbocycles. The van der Waals surface area contributed by atoms with Crippen LogP contribution in [0, 0.1) is 0 Å². The van der Waals surface area contributed by atoms with Gasteiger partial charge in [-0.25, -0.2) is 4.98 Å². The van der Waals surface area contributed by atoms with Crippen LogP contribution in [-0.2, 0) is 16.1 Å². The Bertz CT molecular complexity index is 272. The lowest BCUT2D eigenvalue weighted by Crippen LogP contribution is -2.35. The molecule has 1 atom stereocenters. The molecule has 1 aromatic rings. The van der Waals surface area contributed by atoms with Crippen molar-refractivity contribution in [3.63, 3.8) is 0 Å². The number of rotatable bonds is 5. The van der Waals surface area contributed by atoms with Crippen molar-refractivity contribution < 1.29 is 9.53 Å². The molecule has 0 saturated carbocycles. The van der Waals surface area contributed by atoms with E-state index in [-0.39, 0.29) is 12.0 Å². The molecular weight excluding hydrogens is 182 g/mol. The fraction of sp³-hybridized carbons (Fsp3) is 0.556. The largest absolute Gasteiger partial charge is 0.468 e. The van der Waals surface area contributed by atoms with Crippen molar-refractivity contribution >= 4 is 5.97 Å². The van der Waals surface area contributed by atoms with E-state index in [1.54, 1.807) is 19.6 Å². The van der Waals surface area contributed by atoms with Crippen LogP contribution in [0.5, 0.6) is 0 Å². The smallest absolute Gasteiger partial charge is 0.322 e. The van der Waals surface area contributed by atoms with Gasteiger partial charge in [0.1, 0.15) is 6.04 Å². The molecule has 0 aliphatic rings. The quantitative estimate of drug-likeness (QED) is 0.677. The number of aromatic nitrogens is 2. The van der Waals surface area contributed by atoms with E-state index < -0.39 is 0 Å². The molecule has 0 aromatic carbocycles. The van der Waals surface area contributed by atoms with Crippen LogP contribution < -0.4 is 5.32 Å². The highest BCUT2D eigenvalue weighted by atomic mass is 16.5. The SMILES string of the molecule is CNC(CCn1ccnc1)C(=O)OC. The van der Waals surface area contributed by atoms with E-state index >= 15 is 0 Å². The van der Waals surface area contributed by atoms with Gasteiger partial charge in [0, 0.05) is 18.9 Å². The lowest BCUT2D eigenvalue weighted by atomic mass is 10.2. The second-order valence-electron chi connectivity index (χ2n) is 2.95. The third-order valence-corrected chi connectivity index (χ3v) is 2.07. The zero-order valence-electron chi connectivity index (χ0n) is 8.43. The summed E-state index contributed by atoms with van der Waals surface area (Å²) in [4.78, 5) is 15.1. The highest BCUT2D eigenvalue weighted by Gasteiger charge is 2.15. The zero-order valence-corrected chi connectivity index (χ0v) is 8.43. The van der Waals surface area contributed by atoms with Gasteiger partial charge in [-0.1, -0.05) is 0 Å². The van der Waals surface area contributed by atoms with Crippen LogP contribution in [0.2, 0.25) is 0 Å². The Labute approximate surface area is 83.1 Å². The number of likely N-dealkylation sites (N-methyl/N-ethyl adjacent to an activating group) is 1. The molecule has 0 amide bonds. The molecule has 0 aliphatic heterocycles. The van der Waals surface area contributed by atoms with E-state index in [4.69, 9.17) is 0 Å². The Morgan fingerprint density at radius 2 is 2.50 bits per heavy atom. The number of aryl methyl sites for hydroxylation is 1. The Morgan fingerprint density at radius 3 is 3.00 bits per heavy atom. The van der Waals surface area contributed by atoms with Crippen molar-refractivity contribution in [2.45, 2.75) is 19.0 Å². The molecule has 1 heterocycles. The molecule has 1 N–H and O–H groups in total. The van der Waals surface area contributed by atoms with Crippen LogP contribution in [0.4, 0.5) is 0 Å². The number of carbonyl (C=O) groups is 1. The first-order valence-corrected chi connectivity index (χ1v) is 4.48. The van der Waals surface area contributed by atoms with Crippen molar-refractivity contribution in [3.8, 4) is 0 Å². The number of carbonyl (C=O) groups excluding carboxylic acids is 1. The number of esters is 1. The maximum Gasteiger partial charge on any atom is 0.322 e. The summed E-state index contributed by atoms with van der Waals surface area (Å²) in [7, 11) is 3.14. The first-order valence-electron chi connectivity index (χ1n) is 4.48. The Morgan fingerprint density at radius 1 is 1.71 bits per heavy atom. The maximum absolute atomic E-state index is 11.2. The number of nitrogens with zero attached hydrogens (tertiary/aromatic N) is 2. The minimum Gasteiger partial charge on any atom is -0.468 e. The Balaban J connectivity index is 2.38. The third kappa shape index (κ3) is 2.85. The molecule has 78 valence electrons. The molecule has 1 rings (SSSR count). The number of hydrogen-bond acceptors (Lipinski definition) is 4. The molecular formula is C9H15N3O2. The number of ether oxygens (including phenoxy) is 1. The summed E-state index contributed by atoms with van der Waals surface area (Å²) >= 11 is 0. The van der Waals surface area contributed by atoms with E-state index in [1.165, 1.54) is 7.11 Å². The highest BCUT2D eigenvalue weighted by Crippen LogP contribution is 1.98. The minimum atomic E-state index is -0.248. The second kappa shape index (κ2) is 5.39. The van der Waals surface area contributed by atoms with Crippen molar-refractivity contribution in [2.75, 3.05) is 14.2 Å². The van der Waals surface area contributed by atoms with Gasteiger partial charge in [-0.2, -0.15) is 0 Å². The van der Waals surface area contributed by atoms with Crippen molar-refractivity contribution in [1.82, 2.24) is 14.9 Å². The van der Waals surface area contributed by atoms with Gasteiger partial charge in [-0.05, 0) is 13.5 Å². The fourth-order valence-corrected chi connectivity index (χ4v) is 1.22. The van der Waals surface area contributed by atoms with E-state index in [0.29, 0.717) is 6.42 Å². The standard InChI is InChI=1S/C9H15N3O2/c1-10-8(9(13)14-2)3-5-12-6-4-11-7-12/h4,6-8,10H,3,5H2,1-2H3. The number of hydrogen-bond donors (Lipinski definition) is 1. The van der Waals surface area contributed by atoms with Gasteiger partial charge in [0.15, 0.2) is 0 Å². The van der Waals surface area contributed by atoms with Crippen molar-refractivity contribution in [3.05, 3.63) is 18.7 Å². The van der Waals surface area contributed by atoms with E-state index in [9.17, 15) is 4.79 Å². The van der Waals surface area contributed by atoms with Crippen LogP contribution in [0.1, 0.15) is 6.42 Å². The number of nitrogens with one attached hydrogen (secondary N) is 1. The average Bonchev–Trinajstić information content (AvgIpc) is 2.71. The van der Waals surface area contributed by atoms with Crippen LogP contribution in [0.3, 0.4) is 0 Å². The van der Waals surface area contributed by atoms with Gasteiger partial charge in [-0.15, -0.1) is 0 Å². The first-order chi connectivity index (χ1) is 6.77. The Hall–Kier alpha value is -1.36. The summed E-state index contributed by atoms with van der Waals surface area (Å²) in [5, 5.41) is 2.91. The topological polar surface area (TPSA) is 56.2 Å². The van der Waals surface area contributed by atoms with Gasteiger partial charge in [0.2, 0.25) is 0 Å². The van der Waals surface area contributed by atoms with E-state index in [0.717, 1.165) is 6.54 Å². The summed E-state index contributed by atoms with van der Waals surface area (Å²) in [5.41, 5.74) is 0. The molecule has 0 saturated heterocycles. The summed E-state index contributed by atoms with van der Waals surface area (Å²) in [6, 6.07) is -0.248. The first kappa shape index (κ1) is 10.7. The zero-order chi connectivity index (χ0) is 10.4. The van der Waals surface area contributed by atoms with Gasteiger partial charge in [0.25, 0.3) is 0 Å². The van der Waals surface area contributed by atoms with Gasteiger partial charge in [0.05, 0.1) is 13.4 Å². The monoisotopic (exact) mass is 197 g/mol. The lowest BCUT2D eigenvalue weighted by molar-refractivity contribution is -0.143. The Kier molecular flexibility index (Phi) is 4.12. The molecule has 1 unspecified atom stereocenters. The van der Waals surface area contributed by atoms with E-state index in [1.807, 2.05) is 10.8 Å². The number of imidazole rings is 1. The van der Waals surface area contributed by atoms with Crippen LogP contribution in [0.15, 0.2) is 18.7 Å². The molecule has 14 heavy (non-hydrogen) atoms. The summed E-state index contributed by atoms with van der Waals surface area (Å²) in [6.45, 7) is 0.751. The summed E-state index contributed by atoms with van der Waals surface area (Å²) in [6.07, 6.45) is 6.00. The lowest BCUT2D eigenvalue weighted by Gasteiger charge is -2.13. The molecule has 0 bridgehead atoms. The van der Waals surface area contributed by atoms with Gasteiger partial charge in [-0.3, -0.25) is 4.79 Å². The predicted octanol–water partition coefficient (Wildman–Crippen LogP) is 0.0342. The second-order valence-corrected chi connectivity index (χ2v) is 2.95. The highest BCUT2D eigenvalue weighted by molar-refractivity contribution is 5.75. The molecule has 0 fully saturated rings. The summed E-state index contributed by atoms with van der Waals surface area (Å²) in [5.74, 6) is -0.229. The third-order valence-electron chi connectivity index (χ3n) is 2.07. The molecule has 5 heteroatoms. The van der Waals surface area contributed by atoms with E-state index in [2.05, 4.69) is 15.0 Å². The predicted molar refractivity (Wildman–Crippen MR) is 51.7 cm³/mol. The van der Waals surface area contributed by atoms with Gasteiger partial charge < -0.3 is 14.6 Å². The normalized spacial score (nSPS) is 12.4. The molecule has 1 aromatic heterocycles. The molecule has 0 radical (unpaired) electrons. The van der Waals surface area contributed by atoms with Crippen LogP contribution >= 0.6 is 0 Å². The number of methoxy groups -OCH3 is 1. The van der Waals surface area contributed by atoms with Crippen LogP contribution in [0.25, 0.3) is 0 Å². The minimum absolute atomic E-state index is 0.229. The maximum atomic E-state index is 11.2. The molecule has 5 nitrogen and oxygen atoms in total.